The van der Waals surface area contributed by atoms with E-state index in [1.807, 2.05) is 11.9 Å². The number of hydrogen-bond acceptors (Lipinski definition) is 2. The number of likely N-dealkylation sites (N-methyl/N-ethyl adjacent to an activating group) is 1. The van der Waals surface area contributed by atoms with Crippen LogP contribution in [0.4, 0.5) is 0 Å². The van der Waals surface area contributed by atoms with Crippen LogP contribution in [0.5, 0.6) is 0 Å². The van der Waals surface area contributed by atoms with Gasteiger partial charge in [0.15, 0.2) is 0 Å². The van der Waals surface area contributed by atoms with Crippen LogP contribution in [0.25, 0.3) is 0 Å². The van der Waals surface area contributed by atoms with Crippen LogP contribution in [0.15, 0.2) is 12.3 Å². The SMILES string of the molecule is C=C1CCCC(NC)C(=O)N1C1CC1. The summed E-state index contributed by atoms with van der Waals surface area (Å²) in [7, 11) is 1.86. The maximum atomic E-state index is 12.1. The summed E-state index contributed by atoms with van der Waals surface area (Å²) in [5.41, 5.74) is 1.02. The smallest absolute Gasteiger partial charge is 0.244 e. The molecule has 1 unspecified atom stereocenters. The molecule has 0 radical (unpaired) electrons. The van der Waals surface area contributed by atoms with Crippen molar-refractivity contribution in [2.75, 3.05) is 7.05 Å². The summed E-state index contributed by atoms with van der Waals surface area (Å²) in [5.74, 6) is 0.234. The van der Waals surface area contributed by atoms with E-state index in [2.05, 4.69) is 11.9 Å². The Labute approximate surface area is 85.2 Å². The highest BCUT2D eigenvalue weighted by Gasteiger charge is 2.38. The second kappa shape index (κ2) is 3.73. The molecule has 1 N–H and O–H groups in total. The lowest BCUT2D eigenvalue weighted by Gasteiger charge is -2.25. The molecular formula is C11H18N2O. The molecule has 0 spiro atoms. The molecule has 78 valence electrons. The zero-order chi connectivity index (χ0) is 10.1. The molecule has 2 rings (SSSR count). The molecule has 1 atom stereocenters. The number of carbonyl (C=O) groups is 1. The molecule has 0 aromatic heterocycles. The van der Waals surface area contributed by atoms with E-state index < -0.39 is 0 Å². The van der Waals surface area contributed by atoms with Gasteiger partial charge in [-0.05, 0) is 39.2 Å². The molecule has 14 heavy (non-hydrogen) atoms. The molecule has 1 saturated heterocycles. The highest BCUT2D eigenvalue weighted by atomic mass is 16.2. The lowest BCUT2D eigenvalue weighted by Crippen LogP contribution is -2.44. The third-order valence-electron chi connectivity index (χ3n) is 3.09. The molecule has 1 amide bonds. The molecule has 1 saturated carbocycles. The Morgan fingerprint density at radius 3 is 2.71 bits per heavy atom. The molecule has 3 nitrogen and oxygen atoms in total. The minimum absolute atomic E-state index is 0.00912. The molecule has 2 aliphatic rings. The van der Waals surface area contributed by atoms with Crippen LogP contribution in [-0.2, 0) is 4.79 Å². The van der Waals surface area contributed by atoms with Gasteiger partial charge in [-0.1, -0.05) is 6.58 Å². The Morgan fingerprint density at radius 2 is 2.14 bits per heavy atom. The number of hydrogen-bond donors (Lipinski definition) is 1. The summed E-state index contributed by atoms with van der Waals surface area (Å²) in [6.07, 6.45) is 5.29. The average Bonchev–Trinajstić information content (AvgIpc) is 2.95. The van der Waals surface area contributed by atoms with E-state index in [1.54, 1.807) is 0 Å². The van der Waals surface area contributed by atoms with E-state index in [9.17, 15) is 4.79 Å². The fraction of sp³-hybridized carbons (Fsp3) is 0.727. The van der Waals surface area contributed by atoms with Crippen LogP contribution in [0, 0.1) is 0 Å². The van der Waals surface area contributed by atoms with Crippen LogP contribution in [0.1, 0.15) is 32.1 Å². The molecule has 2 fully saturated rings. The average molecular weight is 194 g/mol. The number of nitrogens with one attached hydrogen (secondary N) is 1. The molecule has 1 heterocycles. The maximum absolute atomic E-state index is 12.1. The van der Waals surface area contributed by atoms with Gasteiger partial charge < -0.3 is 10.2 Å². The van der Waals surface area contributed by atoms with E-state index in [-0.39, 0.29) is 11.9 Å². The van der Waals surface area contributed by atoms with E-state index in [0.717, 1.165) is 37.8 Å². The molecule has 1 aliphatic carbocycles. The van der Waals surface area contributed by atoms with Crippen molar-refractivity contribution in [2.24, 2.45) is 0 Å². The first-order chi connectivity index (χ1) is 6.74. The quantitative estimate of drug-likeness (QED) is 0.718. The van der Waals surface area contributed by atoms with Crippen LogP contribution in [-0.4, -0.2) is 29.9 Å². The number of allylic oxidation sites excluding steroid dienone is 1. The summed E-state index contributed by atoms with van der Waals surface area (Å²) < 4.78 is 0. The Morgan fingerprint density at radius 1 is 1.43 bits per heavy atom. The van der Waals surface area contributed by atoms with Crippen molar-refractivity contribution in [3.8, 4) is 0 Å². The van der Waals surface area contributed by atoms with Gasteiger partial charge in [0.05, 0.1) is 6.04 Å². The summed E-state index contributed by atoms with van der Waals surface area (Å²) in [5, 5.41) is 3.09. The highest BCUT2D eigenvalue weighted by Crippen LogP contribution is 2.33. The third-order valence-corrected chi connectivity index (χ3v) is 3.09. The van der Waals surface area contributed by atoms with E-state index in [4.69, 9.17) is 0 Å². The second-order valence-electron chi connectivity index (χ2n) is 4.24. The lowest BCUT2D eigenvalue weighted by atomic mass is 10.1. The van der Waals surface area contributed by atoms with Gasteiger partial charge in [0.1, 0.15) is 0 Å². The molecular weight excluding hydrogens is 176 g/mol. The Bertz CT molecular complexity index is 258. The van der Waals surface area contributed by atoms with Crippen LogP contribution < -0.4 is 5.32 Å². The van der Waals surface area contributed by atoms with Crippen molar-refractivity contribution in [1.29, 1.82) is 0 Å². The van der Waals surface area contributed by atoms with Gasteiger partial charge in [0.2, 0.25) is 5.91 Å². The molecule has 0 aromatic carbocycles. The standard InChI is InChI=1S/C11H18N2O/c1-8-4-3-5-10(12-2)11(14)13(8)9-6-7-9/h9-10,12H,1,3-7H2,2H3. The Hall–Kier alpha value is -0.830. The summed E-state index contributed by atoms with van der Waals surface area (Å²) in [6, 6.07) is 0.471. The number of likely N-dealkylation sites (tertiary alicyclic amines) is 1. The Kier molecular flexibility index (Phi) is 2.59. The predicted octanol–water partition coefficient (Wildman–Crippen LogP) is 1.26. The van der Waals surface area contributed by atoms with E-state index in [0.29, 0.717) is 6.04 Å². The van der Waals surface area contributed by atoms with Crippen molar-refractivity contribution < 1.29 is 4.79 Å². The van der Waals surface area contributed by atoms with Gasteiger partial charge in [0, 0.05) is 11.7 Å². The zero-order valence-electron chi connectivity index (χ0n) is 8.75. The number of nitrogens with zero attached hydrogens (tertiary/aromatic N) is 1. The van der Waals surface area contributed by atoms with Crippen LogP contribution in [0.2, 0.25) is 0 Å². The number of amides is 1. The summed E-state index contributed by atoms with van der Waals surface area (Å²) in [6.45, 7) is 4.01. The minimum atomic E-state index is 0.00912. The van der Waals surface area contributed by atoms with Gasteiger partial charge in [-0.15, -0.1) is 0 Å². The fourth-order valence-electron chi connectivity index (χ4n) is 2.12. The fourth-order valence-corrected chi connectivity index (χ4v) is 2.12. The van der Waals surface area contributed by atoms with Crippen molar-refractivity contribution in [2.45, 2.75) is 44.2 Å². The number of carbonyl (C=O) groups excluding carboxylic acids is 1. The van der Waals surface area contributed by atoms with Gasteiger partial charge in [-0.25, -0.2) is 0 Å². The van der Waals surface area contributed by atoms with Crippen molar-refractivity contribution in [1.82, 2.24) is 10.2 Å². The van der Waals surface area contributed by atoms with Gasteiger partial charge in [-0.2, -0.15) is 0 Å². The molecule has 3 heteroatoms. The second-order valence-corrected chi connectivity index (χ2v) is 4.24. The van der Waals surface area contributed by atoms with E-state index >= 15 is 0 Å². The topological polar surface area (TPSA) is 32.3 Å². The van der Waals surface area contributed by atoms with Crippen molar-refractivity contribution in [3.05, 3.63) is 12.3 Å². The molecule has 0 bridgehead atoms. The Balaban J connectivity index is 2.15. The predicted molar refractivity (Wildman–Crippen MR) is 55.7 cm³/mol. The van der Waals surface area contributed by atoms with Crippen molar-refractivity contribution in [3.63, 3.8) is 0 Å². The molecule has 0 aromatic rings. The normalized spacial score (nSPS) is 29.2. The largest absolute Gasteiger partial charge is 0.312 e. The summed E-state index contributed by atoms with van der Waals surface area (Å²) >= 11 is 0. The lowest BCUT2D eigenvalue weighted by molar-refractivity contribution is -0.131. The minimum Gasteiger partial charge on any atom is -0.312 e. The molecule has 1 aliphatic heterocycles. The van der Waals surface area contributed by atoms with Gasteiger partial charge in [-0.3, -0.25) is 4.79 Å². The van der Waals surface area contributed by atoms with Crippen molar-refractivity contribution >= 4 is 5.91 Å². The van der Waals surface area contributed by atoms with Gasteiger partial charge >= 0.3 is 0 Å². The maximum Gasteiger partial charge on any atom is 0.244 e. The highest BCUT2D eigenvalue weighted by molar-refractivity contribution is 5.84. The summed E-state index contributed by atoms with van der Waals surface area (Å²) in [4.78, 5) is 14.0. The third kappa shape index (κ3) is 1.69. The van der Waals surface area contributed by atoms with Gasteiger partial charge in [0.25, 0.3) is 0 Å². The van der Waals surface area contributed by atoms with Crippen LogP contribution in [0.3, 0.4) is 0 Å². The first kappa shape index (κ1) is 9.71. The zero-order valence-corrected chi connectivity index (χ0v) is 8.75. The van der Waals surface area contributed by atoms with Crippen LogP contribution >= 0.6 is 0 Å². The van der Waals surface area contributed by atoms with E-state index in [1.165, 1.54) is 0 Å². The monoisotopic (exact) mass is 194 g/mol. The first-order valence-electron chi connectivity index (χ1n) is 5.42. The number of rotatable bonds is 2. The first-order valence-corrected chi connectivity index (χ1v) is 5.42.